The molecule has 0 amide bonds. The second-order valence-electron chi connectivity index (χ2n) is 5.10. The van der Waals surface area contributed by atoms with Crippen molar-refractivity contribution >= 4 is 27.3 Å². The molecule has 1 aromatic carbocycles. The van der Waals surface area contributed by atoms with E-state index in [1.54, 1.807) is 0 Å². The highest BCUT2D eigenvalue weighted by atomic mass is 79.9. The fourth-order valence-corrected chi connectivity index (χ4v) is 2.95. The molecule has 1 aromatic rings. The molecule has 94 valence electrons. The fourth-order valence-electron chi connectivity index (χ4n) is 2.57. The van der Waals surface area contributed by atoms with E-state index < -0.39 is 0 Å². The summed E-state index contributed by atoms with van der Waals surface area (Å²) < 4.78 is 1.04. The molecular weight excluding hydrogens is 276 g/mol. The summed E-state index contributed by atoms with van der Waals surface area (Å²) in [5.41, 5.74) is 7.94. The Kier molecular flexibility index (Phi) is 4.32. The molecule has 0 aromatic heterocycles. The molecule has 3 N–H and O–H groups in total. The smallest absolute Gasteiger partial charge is 0.0576 e. The van der Waals surface area contributed by atoms with E-state index in [2.05, 4.69) is 34.2 Å². The molecule has 0 bridgehead atoms. The van der Waals surface area contributed by atoms with Gasteiger partial charge in [-0.3, -0.25) is 0 Å². The zero-order chi connectivity index (χ0) is 12.3. The van der Waals surface area contributed by atoms with E-state index in [1.807, 2.05) is 12.1 Å². The monoisotopic (exact) mass is 296 g/mol. The minimum atomic E-state index is 0.570. The topological polar surface area (TPSA) is 38.0 Å². The van der Waals surface area contributed by atoms with Gasteiger partial charge in [0.05, 0.1) is 11.4 Å². The molecule has 1 aliphatic rings. The van der Waals surface area contributed by atoms with Crippen molar-refractivity contribution in [3.63, 3.8) is 0 Å². The van der Waals surface area contributed by atoms with E-state index in [9.17, 15) is 0 Å². The molecule has 0 saturated heterocycles. The van der Waals surface area contributed by atoms with Gasteiger partial charge in [0.25, 0.3) is 0 Å². The van der Waals surface area contributed by atoms with Gasteiger partial charge in [0, 0.05) is 10.5 Å². The number of anilines is 2. The second kappa shape index (κ2) is 5.76. The largest absolute Gasteiger partial charge is 0.397 e. The molecule has 2 rings (SSSR count). The Morgan fingerprint density at radius 2 is 2.00 bits per heavy atom. The summed E-state index contributed by atoms with van der Waals surface area (Å²) in [6.07, 6.45) is 6.66. The number of nitrogen functional groups attached to an aromatic ring is 1. The van der Waals surface area contributed by atoms with Crippen molar-refractivity contribution in [3.05, 3.63) is 22.7 Å². The maximum Gasteiger partial charge on any atom is 0.0576 e. The number of rotatable bonds is 2. The molecular formula is C14H21BrN2. The fraction of sp³-hybridized carbons (Fsp3) is 0.571. The Bertz CT molecular complexity index is 378. The van der Waals surface area contributed by atoms with Crippen molar-refractivity contribution in [1.29, 1.82) is 0 Å². The van der Waals surface area contributed by atoms with Crippen molar-refractivity contribution in [1.82, 2.24) is 0 Å². The van der Waals surface area contributed by atoms with Gasteiger partial charge in [-0.25, -0.2) is 0 Å². The molecule has 2 nitrogen and oxygen atoms in total. The minimum absolute atomic E-state index is 0.570. The van der Waals surface area contributed by atoms with Gasteiger partial charge in [-0.05, 0) is 37.0 Å². The first kappa shape index (κ1) is 12.7. The van der Waals surface area contributed by atoms with Crippen LogP contribution in [0.3, 0.4) is 0 Å². The highest BCUT2D eigenvalue weighted by Gasteiger charge is 2.20. The third-order valence-electron chi connectivity index (χ3n) is 3.72. The number of nitrogens with one attached hydrogen (secondary N) is 1. The van der Waals surface area contributed by atoms with Crippen LogP contribution in [0, 0.1) is 5.92 Å². The lowest BCUT2D eigenvalue weighted by molar-refractivity contribution is 0.457. The second-order valence-corrected chi connectivity index (χ2v) is 6.01. The van der Waals surface area contributed by atoms with E-state index in [0.29, 0.717) is 6.04 Å². The molecule has 0 radical (unpaired) electrons. The molecule has 1 aliphatic carbocycles. The summed E-state index contributed by atoms with van der Waals surface area (Å²) in [5, 5.41) is 3.62. The highest BCUT2D eigenvalue weighted by Crippen LogP contribution is 2.29. The molecule has 2 atom stereocenters. The summed E-state index contributed by atoms with van der Waals surface area (Å²) in [6.45, 7) is 2.35. The zero-order valence-corrected chi connectivity index (χ0v) is 12.0. The quantitative estimate of drug-likeness (QED) is 0.626. The van der Waals surface area contributed by atoms with Crippen LogP contribution >= 0.6 is 15.9 Å². The maximum absolute atomic E-state index is 6.03. The number of halogens is 1. The SMILES string of the molecule is CC1CCCCCC1Nc1ccc(Br)cc1N. The van der Waals surface area contributed by atoms with E-state index in [-0.39, 0.29) is 0 Å². The van der Waals surface area contributed by atoms with Crippen LogP contribution in [-0.4, -0.2) is 6.04 Å². The van der Waals surface area contributed by atoms with Gasteiger partial charge >= 0.3 is 0 Å². The number of hydrogen-bond donors (Lipinski definition) is 2. The molecule has 17 heavy (non-hydrogen) atoms. The van der Waals surface area contributed by atoms with Crippen molar-refractivity contribution in [3.8, 4) is 0 Å². The third-order valence-corrected chi connectivity index (χ3v) is 4.21. The summed E-state index contributed by atoms with van der Waals surface area (Å²) >= 11 is 3.44. The summed E-state index contributed by atoms with van der Waals surface area (Å²) in [4.78, 5) is 0. The molecule has 0 spiro atoms. The lowest BCUT2D eigenvalue weighted by atomic mass is 9.96. The van der Waals surface area contributed by atoms with Crippen LogP contribution in [0.1, 0.15) is 39.0 Å². The summed E-state index contributed by atoms with van der Waals surface area (Å²) in [6, 6.07) is 6.64. The van der Waals surface area contributed by atoms with Crippen LogP contribution in [0.5, 0.6) is 0 Å². The molecule has 2 unspecified atom stereocenters. The van der Waals surface area contributed by atoms with Crippen LogP contribution in [0.15, 0.2) is 22.7 Å². The zero-order valence-electron chi connectivity index (χ0n) is 10.4. The molecule has 1 fully saturated rings. The van der Waals surface area contributed by atoms with Crippen molar-refractivity contribution < 1.29 is 0 Å². The Balaban J connectivity index is 2.08. The average Bonchev–Trinajstić information content (AvgIpc) is 2.48. The highest BCUT2D eigenvalue weighted by molar-refractivity contribution is 9.10. The predicted molar refractivity (Wildman–Crippen MR) is 78.2 cm³/mol. The first-order chi connectivity index (χ1) is 8.16. The lowest BCUT2D eigenvalue weighted by Crippen LogP contribution is -2.26. The van der Waals surface area contributed by atoms with Crippen LogP contribution in [0.25, 0.3) is 0 Å². The standard InChI is InChI=1S/C14H21BrN2/c1-10-5-3-2-4-6-13(10)17-14-8-7-11(15)9-12(14)16/h7-10,13,17H,2-6,16H2,1H3. The normalized spacial score (nSPS) is 25.3. The van der Waals surface area contributed by atoms with Crippen molar-refractivity contribution in [2.75, 3.05) is 11.1 Å². The molecule has 0 heterocycles. The van der Waals surface area contributed by atoms with Gasteiger partial charge in [0.15, 0.2) is 0 Å². The Morgan fingerprint density at radius 1 is 1.24 bits per heavy atom. The predicted octanol–water partition coefficient (Wildman–Crippen LogP) is 4.41. The van der Waals surface area contributed by atoms with E-state index >= 15 is 0 Å². The Hall–Kier alpha value is -0.700. The van der Waals surface area contributed by atoms with Gasteiger partial charge in [0.1, 0.15) is 0 Å². The van der Waals surface area contributed by atoms with Crippen LogP contribution in [0.2, 0.25) is 0 Å². The Morgan fingerprint density at radius 3 is 2.76 bits per heavy atom. The van der Waals surface area contributed by atoms with Gasteiger partial charge in [-0.2, -0.15) is 0 Å². The average molecular weight is 297 g/mol. The van der Waals surface area contributed by atoms with E-state index in [0.717, 1.165) is 21.8 Å². The molecule has 1 saturated carbocycles. The van der Waals surface area contributed by atoms with Crippen LogP contribution in [-0.2, 0) is 0 Å². The maximum atomic E-state index is 6.03. The molecule has 3 heteroatoms. The first-order valence-corrected chi connectivity index (χ1v) is 7.27. The third kappa shape index (κ3) is 3.38. The van der Waals surface area contributed by atoms with E-state index in [4.69, 9.17) is 5.73 Å². The van der Waals surface area contributed by atoms with Crippen molar-refractivity contribution in [2.24, 2.45) is 5.92 Å². The van der Waals surface area contributed by atoms with Crippen molar-refractivity contribution in [2.45, 2.75) is 45.1 Å². The van der Waals surface area contributed by atoms with Crippen LogP contribution in [0.4, 0.5) is 11.4 Å². The summed E-state index contributed by atoms with van der Waals surface area (Å²) in [7, 11) is 0. The number of hydrogen-bond acceptors (Lipinski definition) is 2. The lowest BCUT2D eigenvalue weighted by Gasteiger charge is -2.24. The number of benzene rings is 1. The van der Waals surface area contributed by atoms with Gasteiger partial charge < -0.3 is 11.1 Å². The van der Waals surface area contributed by atoms with E-state index in [1.165, 1.54) is 32.1 Å². The minimum Gasteiger partial charge on any atom is -0.397 e. The number of nitrogens with two attached hydrogens (primary N) is 1. The summed E-state index contributed by atoms with van der Waals surface area (Å²) in [5.74, 6) is 0.737. The van der Waals surface area contributed by atoms with Gasteiger partial charge in [-0.1, -0.05) is 42.1 Å². The first-order valence-electron chi connectivity index (χ1n) is 6.48. The van der Waals surface area contributed by atoms with Gasteiger partial charge in [-0.15, -0.1) is 0 Å². The van der Waals surface area contributed by atoms with Crippen LogP contribution < -0.4 is 11.1 Å². The van der Waals surface area contributed by atoms with Gasteiger partial charge in [0.2, 0.25) is 0 Å². The molecule has 0 aliphatic heterocycles. The Labute approximate surface area is 112 Å².